The Morgan fingerprint density at radius 3 is 2.94 bits per heavy atom. The van der Waals surface area contributed by atoms with Crippen molar-refractivity contribution in [2.75, 3.05) is 17.9 Å². The highest BCUT2D eigenvalue weighted by molar-refractivity contribution is 7.92. The molecule has 0 aliphatic carbocycles. The maximum atomic E-state index is 13.2. The molecule has 10 heteroatoms. The molecular formula is C23H24N4O5S. The highest BCUT2D eigenvalue weighted by Gasteiger charge is 2.27. The van der Waals surface area contributed by atoms with E-state index < -0.39 is 10.0 Å². The summed E-state index contributed by atoms with van der Waals surface area (Å²) in [6.45, 7) is 5.25. The van der Waals surface area contributed by atoms with Gasteiger partial charge in [0.05, 0.1) is 24.7 Å². The molecule has 0 unspecified atom stereocenters. The number of fused-ring (bicyclic) bond motifs is 3. The normalized spacial score (nSPS) is 13.5. The minimum atomic E-state index is -3.93. The number of aromatic nitrogens is 3. The van der Waals surface area contributed by atoms with Gasteiger partial charge in [-0.2, -0.15) is 5.10 Å². The maximum absolute atomic E-state index is 13.2. The number of nitrogens with zero attached hydrogens (tertiary/aromatic N) is 3. The first-order valence-electron chi connectivity index (χ1n) is 10.8. The van der Waals surface area contributed by atoms with Crippen LogP contribution in [0.3, 0.4) is 0 Å². The van der Waals surface area contributed by atoms with Crippen LogP contribution in [0.5, 0.6) is 11.5 Å². The quantitative estimate of drug-likeness (QED) is 0.438. The topological polar surface area (TPSA) is 108 Å². The molecule has 2 aromatic heterocycles. The van der Waals surface area contributed by atoms with Crippen molar-refractivity contribution in [2.45, 2.75) is 38.1 Å². The van der Waals surface area contributed by atoms with Gasteiger partial charge >= 0.3 is 0 Å². The number of ether oxygens (including phenoxy) is 2. The number of hydrogen-bond acceptors (Lipinski definition) is 7. The zero-order chi connectivity index (χ0) is 23.0. The Morgan fingerprint density at radius 1 is 1.27 bits per heavy atom. The molecule has 0 saturated heterocycles. The summed E-state index contributed by atoms with van der Waals surface area (Å²) in [5, 5.41) is 8.83. The molecule has 2 aromatic carbocycles. The molecule has 1 aliphatic heterocycles. The highest BCUT2D eigenvalue weighted by atomic mass is 32.2. The SMILES string of the molecule is CCOc1cc(S(=O)(=O)Nc2noc3cc(Cn4cccn4)c4c(c23)OCCC4)ccc1C. The lowest BCUT2D eigenvalue weighted by Gasteiger charge is -2.21. The average molecular weight is 469 g/mol. The van der Waals surface area contributed by atoms with Crippen LogP contribution in [0.1, 0.15) is 30.0 Å². The maximum Gasteiger partial charge on any atom is 0.263 e. The molecule has 9 nitrogen and oxygen atoms in total. The van der Waals surface area contributed by atoms with Gasteiger partial charge in [0.25, 0.3) is 10.0 Å². The summed E-state index contributed by atoms with van der Waals surface area (Å²) in [4.78, 5) is 0.0813. The summed E-state index contributed by atoms with van der Waals surface area (Å²) < 4.78 is 47.8. The Hall–Kier alpha value is -3.53. The number of benzene rings is 2. The zero-order valence-electron chi connectivity index (χ0n) is 18.4. The first-order valence-corrected chi connectivity index (χ1v) is 12.2. The van der Waals surface area contributed by atoms with Crippen LogP contribution < -0.4 is 14.2 Å². The van der Waals surface area contributed by atoms with Gasteiger partial charge in [-0.05, 0) is 56.0 Å². The average Bonchev–Trinajstić information content (AvgIpc) is 3.45. The van der Waals surface area contributed by atoms with Crippen LogP contribution in [0.25, 0.3) is 11.0 Å². The van der Waals surface area contributed by atoms with Crippen LogP contribution in [-0.2, 0) is 23.0 Å². The highest BCUT2D eigenvalue weighted by Crippen LogP contribution is 2.41. The van der Waals surface area contributed by atoms with Crippen LogP contribution in [0.2, 0.25) is 0 Å². The number of nitrogens with one attached hydrogen (secondary N) is 1. The Balaban J connectivity index is 1.55. The Kier molecular flexibility index (Phi) is 5.45. The van der Waals surface area contributed by atoms with E-state index in [-0.39, 0.29) is 10.7 Å². The van der Waals surface area contributed by atoms with Crippen molar-refractivity contribution in [3.05, 3.63) is 59.4 Å². The monoisotopic (exact) mass is 468 g/mol. The molecule has 33 heavy (non-hydrogen) atoms. The lowest BCUT2D eigenvalue weighted by molar-refractivity contribution is 0.291. The Bertz CT molecular complexity index is 1410. The van der Waals surface area contributed by atoms with E-state index in [1.54, 1.807) is 12.3 Å². The van der Waals surface area contributed by atoms with Gasteiger partial charge in [0, 0.05) is 24.0 Å². The molecule has 1 aliphatic rings. The summed E-state index contributed by atoms with van der Waals surface area (Å²) in [6.07, 6.45) is 5.30. The van der Waals surface area contributed by atoms with E-state index in [2.05, 4.69) is 15.0 Å². The van der Waals surface area contributed by atoms with Gasteiger partial charge in [0.2, 0.25) is 0 Å². The molecule has 0 radical (unpaired) electrons. The predicted octanol–water partition coefficient (Wildman–Crippen LogP) is 3.91. The second-order valence-corrected chi connectivity index (χ2v) is 9.55. The van der Waals surface area contributed by atoms with Gasteiger partial charge in [-0.15, -0.1) is 0 Å². The van der Waals surface area contributed by atoms with Gasteiger partial charge in [0.15, 0.2) is 11.4 Å². The molecule has 0 bridgehead atoms. The van der Waals surface area contributed by atoms with E-state index in [9.17, 15) is 8.42 Å². The van der Waals surface area contributed by atoms with Gasteiger partial charge in [-0.1, -0.05) is 11.2 Å². The van der Waals surface area contributed by atoms with Gasteiger partial charge in [0.1, 0.15) is 16.9 Å². The molecule has 172 valence electrons. The second kappa shape index (κ2) is 8.43. The lowest BCUT2D eigenvalue weighted by Crippen LogP contribution is -2.15. The third-order valence-electron chi connectivity index (χ3n) is 5.62. The van der Waals surface area contributed by atoms with E-state index in [0.29, 0.717) is 42.2 Å². The predicted molar refractivity (Wildman–Crippen MR) is 122 cm³/mol. The Morgan fingerprint density at radius 2 is 2.15 bits per heavy atom. The zero-order valence-corrected chi connectivity index (χ0v) is 19.2. The molecule has 0 atom stereocenters. The first kappa shape index (κ1) is 21.3. The first-order chi connectivity index (χ1) is 16.0. The molecule has 0 fully saturated rings. The van der Waals surface area contributed by atoms with Crippen LogP contribution in [0, 0.1) is 6.92 Å². The molecule has 0 spiro atoms. The number of sulfonamides is 1. The van der Waals surface area contributed by atoms with Gasteiger partial charge < -0.3 is 14.0 Å². The number of anilines is 1. The Labute approximate surface area is 191 Å². The van der Waals surface area contributed by atoms with Crippen LogP contribution in [0.4, 0.5) is 5.82 Å². The lowest BCUT2D eigenvalue weighted by atomic mass is 9.97. The van der Waals surface area contributed by atoms with E-state index in [0.717, 1.165) is 29.5 Å². The van der Waals surface area contributed by atoms with Crippen molar-refractivity contribution in [2.24, 2.45) is 0 Å². The summed E-state index contributed by atoms with van der Waals surface area (Å²) in [6, 6.07) is 8.51. The largest absolute Gasteiger partial charge is 0.494 e. The van der Waals surface area contributed by atoms with Crippen molar-refractivity contribution in [3.8, 4) is 11.5 Å². The minimum absolute atomic E-state index is 0.0813. The third-order valence-corrected chi connectivity index (χ3v) is 6.96. The summed E-state index contributed by atoms with van der Waals surface area (Å²) in [5.41, 5.74) is 3.33. The van der Waals surface area contributed by atoms with Crippen LogP contribution >= 0.6 is 0 Å². The van der Waals surface area contributed by atoms with Crippen molar-refractivity contribution in [1.82, 2.24) is 14.9 Å². The van der Waals surface area contributed by atoms with E-state index >= 15 is 0 Å². The van der Waals surface area contributed by atoms with E-state index in [1.165, 1.54) is 12.1 Å². The molecule has 5 rings (SSSR count). The molecule has 3 heterocycles. The second-order valence-electron chi connectivity index (χ2n) is 7.87. The number of rotatable bonds is 7. The minimum Gasteiger partial charge on any atom is -0.494 e. The number of hydrogen-bond donors (Lipinski definition) is 1. The molecular weight excluding hydrogens is 444 g/mol. The van der Waals surface area contributed by atoms with Crippen LogP contribution in [0.15, 0.2) is 52.1 Å². The fourth-order valence-corrected chi connectivity index (χ4v) is 5.06. The summed E-state index contributed by atoms with van der Waals surface area (Å²) in [7, 11) is -3.93. The van der Waals surface area contributed by atoms with Crippen molar-refractivity contribution >= 4 is 26.8 Å². The van der Waals surface area contributed by atoms with E-state index in [4.69, 9.17) is 14.0 Å². The standard InChI is InChI=1S/C23H24N4O5S/c1-3-30-19-13-17(8-7-15(19)2)33(28,29)26-23-21-20(32-25-23)12-16(14-27-10-5-9-24-27)18-6-4-11-31-22(18)21/h5,7-10,12-13H,3-4,6,11,14H2,1-2H3,(H,25,26). The molecule has 0 amide bonds. The third kappa shape index (κ3) is 4.02. The fraction of sp³-hybridized carbons (Fsp3) is 0.304. The van der Waals surface area contributed by atoms with Gasteiger partial charge in [-0.25, -0.2) is 8.42 Å². The van der Waals surface area contributed by atoms with Crippen molar-refractivity contribution in [1.29, 1.82) is 0 Å². The van der Waals surface area contributed by atoms with E-state index in [1.807, 2.05) is 36.9 Å². The van der Waals surface area contributed by atoms with Crippen LogP contribution in [-0.4, -0.2) is 36.6 Å². The van der Waals surface area contributed by atoms with Gasteiger partial charge in [-0.3, -0.25) is 9.40 Å². The molecule has 1 N–H and O–H groups in total. The number of aryl methyl sites for hydroxylation is 1. The summed E-state index contributed by atoms with van der Waals surface area (Å²) >= 11 is 0. The molecule has 0 saturated carbocycles. The van der Waals surface area contributed by atoms with Crippen molar-refractivity contribution in [3.63, 3.8) is 0 Å². The smallest absolute Gasteiger partial charge is 0.263 e. The fourth-order valence-electron chi connectivity index (χ4n) is 4.04. The molecule has 4 aromatic rings. The van der Waals surface area contributed by atoms with Crippen molar-refractivity contribution < 1.29 is 22.4 Å². The summed E-state index contributed by atoms with van der Waals surface area (Å²) in [5.74, 6) is 1.24.